The summed E-state index contributed by atoms with van der Waals surface area (Å²) in [6, 6.07) is 1.94. The molecule has 1 N–H and O–H groups in total. The summed E-state index contributed by atoms with van der Waals surface area (Å²) in [4.78, 5) is 12.0. The molecule has 0 aliphatic rings. The van der Waals surface area contributed by atoms with Gasteiger partial charge < -0.3 is 4.98 Å². The van der Waals surface area contributed by atoms with E-state index in [0.717, 1.165) is 23.3 Å². The molecule has 0 radical (unpaired) electrons. The third-order valence-corrected chi connectivity index (χ3v) is 2.80. The van der Waals surface area contributed by atoms with Gasteiger partial charge in [-0.05, 0) is 12.5 Å². The molecule has 2 aromatic heterocycles. The number of hydrogen-bond acceptors (Lipinski definition) is 2. The topological polar surface area (TPSA) is 41.6 Å². The van der Waals surface area contributed by atoms with Gasteiger partial charge in [-0.15, -0.1) is 0 Å². The fraction of sp³-hybridized carbons (Fsp3) is 0.500. The van der Waals surface area contributed by atoms with Crippen LogP contribution in [-0.2, 0) is 5.41 Å². The van der Waals surface area contributed by atoms with Crippen molar-refractivity contribution in [2.75, 3.05) is 0 Å². The van der Waals surface area contributed by atoms with Crippen LogP contribution in [0.4, 0.5) is 0 Å². The highest BCUT2D eigenvalue weighted by molar-refractivity contribution is 5.73. The summed E-state index contributed by atoms with van der Waals surface area (Å²) in [5.74, 6) is 1.06. The van der Waals surface area contributed by atoms with Gasteiger partial charge in [-0.3, -0.25) is 4.98 Å². The predicted molar refractivity (Wildman–Crippen MR) is 61.8 cm³/mol. The van der Waals surface area contributed by atoms with E-state index in [1.165, 1.54) is 6.42 Å². The van der Waals surface area contributed by atoms with Crippen LogP contribution in [0.1, 0.15) is 39.4 Å². The van der Waals surface area contributed by atoms with E-state index >= 15 is 0 Å². The number of nitrogens with one attached hydrogen (secondary N) is 1. The maximum Gasteiger partial charge on any atom is 0.112 e. The van der Waals surface area contributed by atoms with Gasteiger partial charge in [0, 0.05) is 11.6 Å². The van der Waals surface area contributed by atoms with Crippen LogP contribution in [0, 0.1) is 0 Å². The van der Waals surface area contributed by atoms with Crippen molar-refractivity contribution in [1.82, 2.24) is 15.0 Å². The third-order valence-electron chi connectivity index (χ3n) is 2.80. The third kappa shape index (κ3) is 1.87. The molecule has 0 aromatic carbocycles. The van der Waals surface area contributed by atoms with Crippen molar-refractivity contribution in [3.8, 4) is 0 Å². The SMILES string of the molecule is CCCC(C)(C)c1nc2ccncc2[nH]1. The Kier molecular flexibility index (Phi) is 2.47. The number of fused-ring (bicyclic) bond motifs is 1. The molecular weight excluding hydrogens is 186 g/mol. The van der Waals surface area contributed by atoms with E-state index in [1.807, 2.05) is 12.3 Å². The number of H-pyrrole nitrogens is 1. The van der Waals surface area contributed by atoms with Gasteiger partial charge in [-0.1, -0.05) is 27.2 Å². The maximum absolute atomic E-state index is 4.61. The summed E-state index contributed by atoms with van der Waals surface area (Å²) in [7, 11) is 0. The lowest BCUT2D eigenvalue weighted by Gasteiger charge is -2.20. The molecular formula is C12H17N3. The highest BCUT2D eigenvalue weighted by Crippen LogP contribution is 2.27. The molecule has 0 aliphatic heterocycles. The molecule has 3 nitrogen and oxygen atoms in total. The summed E-state index contributed by atoms with van der Waals surface area (Å²) >= 11 is 0. The molecule has 3 heteroatoms. The van der Waals surface area contributed by atoms with E-state index in [4.69, 9.17) is 0 Å². The highest BCUT2D eigenvalue weighted by atomic mass is 14.9. The summed E-state index contributed by atoms with van der Waals surface area (Å²) in [5.41, 5.74) is 2.15. The zero-order chi connectivity index (χ0) is 10.9. The van der Waals surface area contributed by atoms with Crippen LogP contribution in [-0.4, -0.2) is 15.0 Å². The van der Waals surface area contributed by atoms with Gasteiger partial charge in [0.2, 0.25) is 0 Å². The average Bonchev–Trinajstić information content (AvgIpc) is 2.61. The number of pyridine rings is 1. The first kappa shape index (κ1) is 10.1. The van der Waals surface area contributed by atoms with E-state index in [0.29, 0.717) is 0 Å². The summed E-state index contributed by atoms with van der Waals surface area (Å²) in [6.07, 6.45) is 5.91. The van der Waals surface area contributed by atoms with E-state index in [2.05, 4.69) is 35.7 Å². The van der Waals surface area contributed by atoms with Crippen LogP contribution >= 0.6 is 0 Å². The number of rotatable bonds is 3. The number of nitrogens with zero attached hydrogens (tertiary/aromatic N) is 2. The molecule has 2 rings (SSSR count). The van der Waals surface area contributed by atoms with Gasteiger partial charge in [0.05, 0.1) is 17.2 Å². The first-order valence-electron chi connectivity index (χ1n) is 5.43. The number of aromatic nitrogens is 3. The van der Waals surface area contributed by atoms with Crippen molar-refractivity contribution in [1.29, 1.82) is 0 Å². The summed E-state index contributed by atoms with van der Waals surface area (Å²) in [5, 5.41) is 0. The van der Waals surface area contributed by atoms with Gasteiger partial charge in [0.1, 0.15) is 5.82 Å². The van der Waals surface area contributed by atoms with Crippen molar-refractivity contribution in [3.63, 3.8) is 0 Å². The first-order chi connectivity index (χ1) is 7.13. The van der Waals surface area contributed by atoms with Crippen molar-refractivity contribution in [2.24, 2.45) is 0 Å². The van der Waals surface area contributed by atoms with Crippen LogP contribution in [0.5, 0.6) is 0 Å². The van der Waals surface area contributed by atoms with Crippen LogP contribution in [0.15, 0.2) is 18.5 Å². The Balaban J connectivity index is 2.44. The fourth-order valence-electron chi connectivity index (χ4n) is 1.92. The molecule has 0 amide bonds. The van der Waals surface area contributed by atoms with Gasteiger partial charge in [0.25, 0.3) is 0 Å². The van der Waals surface area contributed by atoms with Gasteiger partial charge in [0.15, 0.2) is 0 Å². The first-order valence-corrected chi connectivity index (χ1v) is 5.43. The lowest BCUT2D eigenvalue weighted by Crippen LogP contribution is -2.18. The highest BCUT2D eigenvalue weighted by Gasteiger charge is 2.23. The van der Waals surface area contributed by atoms with Crippen LogP contribution in [0.25, 0.3) is 11.0 Å². The van der Waals surface area contributed by atoms with Crippen molar-refractivity contribution < 1.29 is 0 Å². The molecule has 15 heavy (non-hydrogen) atoms. The Morgan fingerprint density at radius 2 is 2.20 bits per heavy atom. The number of aromatic amines is 1. The molecule has 0 spiro atoms. The average molecular weight is 203 g/mol. The molecule has 2 aromatic rings. The Bertz CT molecular complexity index is 424. The second kappa shape index (κ2) is 3.65. The number of imidazole rings is 1. The molecule has 0 saturated carbocycles. The van der Waals surface area contributed by atoms with Crippen LogP contribution < -0.4 is 0 Å². The van der Waals surface area contributed by atoms with Gasteiger partial charge in [-0.2, -0.15) is 0 Å². The lowest BCUT2D eigenvalue weighted by atomic mass is 9.87. The normalized spacial score (nSPS) is 12.2. The fourth-order valence-corrected chi connectivity index (χ4v) is 1.92. The zero-order valence-corrected chi connectivity index (χ0v) is 9.54. The molecule has 0 saturated heterocycles. The molecule has 80 valence electrons. The van der Waals surface area contributed by atoms with E-state index in [-0.39, 0.29) is 5.41 Å². The molecule has 2 heterocycles. The Morgan fingerprint density at radius 3 is 2.87 bits per heavy atom. The quantitative estimate of drug-likeness (QED) is 0.833. The Labute approximate surface area is 90.0 Å². The zero-order valence-electron chi connectivity index (χ0n) is 9.54. The molecule has 0 aliphatic carbocycles. The second-order valence-electron chi connectivity index (χ2n) is 4.61. The molecule has 0 bridgehead atoms. The number of hydrogen-bond donors (Lipinski definition) is 1. The van der Waals surface area contributed by atoms with Crippen molar-refractivity contribution in [2.45, 2.75) is 39.0 Å². The smallest absolute Gasteiger partial charge is 0.112 e. The van der Waals surface area contributed by atoms with E-state index in [9.17, 15) is 0 Å². The minimum Gasteiger partial charge on any atom is -0.340 e. The standard InChI is InChI=1S/C12H17N3/c1-4-6-12(2,3)11-14-9-5-7-13-8-10(9)15-11/h5,7-8H,4,6H2,1-3H3,(H,14,15). The molecule has 0 fully saturated rings. The maximum atomic E-state index is 4.61. The second-order valence-corrected chi connectivity index (χ2v) is 4.61. The van der Waals surface area contributed by atoms with Crippen LogP contribution in [0.3, 0.4) is 0 Å². The predicted octanol–water partition coefficient (Wildman–Crippen LogP) is 3.04. The largest absolute Gasteiger partial charge is 0.340 e. The van der Waals surface area contributed by atoms with Gasteiger partial charge >= 0.3 is 0 Å². The molecule has 0 unspecified atom stereocenters. The monoisotopic (exact) mass is 203 g/mol. The van der Waals surface area contributed by atoms with Gasteiger partial charge in [-0.25, -0.2) is 4.98 Å². The molecule has 0 atom stereocenters. The van der Waals surface area contributed by atoms with Crippen molar-refractivity contribution >= 4 is 11.0 Å². The minimum atomic E-state index is 0.119. The minimum absolute atomic E-state index is 0.119. The van der Waals surface area contributed by atoms with Crippen molar-refractivity contribution in [3.05, 3.63) is 24.3 Å². The summed E-state index contributed by atoms with van der Waals surface area (Å²) in [6.45, 7) is 6.65. The van der Waals surface area contributed by atoms with Crippen LogP contribution in [0.2, 0.25) is 0 Å². The Hall–Kier alpha value is -1.38. The Morgan fingerprint density at radius 1 is 1.40 bits per heavy atom. The summed E-state index contributed by atoms with van der Waals surface area (Å²) < 4.78 is 0. The lowest BCUT2D eigenvalue weighted by molar-refractivity contribution is 0.450. The van der Waals surface area contributed by atoms with E-state index < -0.39 is 0 Å². The van der Waals surface area contributed by atoms with E-state index in [1.54, 1.807) is 6.20 Å².